The molecule has 0 saturated heterocycles. The molecule has 5 heteroatoms. The van der Waals surface area contributed by atoms with Crippen LogP contribution in [0, 0.1) is 18.8 Å². The van der Waals surface area contributed by atoms with Gasteiger partial charge in [-0.05, 0) is 60.3 Å². The predicted octanol–water partition coefficient (Wildman–Crippen LogP) is 6.27. The van der Waals surface area contributed by atoms with Gasteiger partial charge in [-0.3, -0.25) is 0 Å². The Labute approximate surface area is 171 Å². The van der Waals surface area contributed by atoms with Crippen LogP contribution in [0.1, 0.15) is 79.7 Å². The highest BCUT2D eigenvalue weighted by molar-refractivity contribution is 7.16. The molecule has 2 N–H and O–H groups in total. The maximum absolute atomic E-state index is 11.1. The predicted molar refractivity (Wildman–Crippen MR) is 115 cm³/mol. The van der Waals surface area contributed by atoms with Crippen LogP contribution in [0.4, 0.5) is 10.8 Å². The van der Waals surface area contributed by atoms with Crippen molar-refractivity contribution in [3.05, 3.63) is 39.9 Å². The molecular formula is C23H30N2O2S. The molecule has 0 spiro atoms. The second-order valence-corrected chi connectivity index (χ2v) is 10.8. The zero-order chi connectivity index (χ0) is 20.3. The highest BCUT2D eigenvalue weighted by atomic mass is 32.1. The van der Waals surface area contributed by atoms with Gasteiger partial charge in [0.15, 0.2) is 0 Å². The lowest BCUT2D eigenvalue weighted by molar-refractivity contribution is 0.0696. The highest BCUT2D eigenvalue weighted by Crippen LogP contribution is 2.58. The third kappa shape index (κ3) is 3.34. The van der Waals surface area contributed by atoms with Crippen molar-refractivity contribution >= 4 is 28.1 Å². The number of fused-ring (bicyclic) bond motifs is 1. The second kappa shape index (κ2) is 6.58. The van der Waals surface area contributed by atoms with E-state index in [9.17, 15) is 4.79 Å². The highest BCUT2D eigenvalue weighted by Gasteiger charge is 2.48. The number of thiophene rings is 1. The van der Waals surface area contributed by atoms with E-state index in [0.717, 1.165) is 16.8 Å². The molecular weight excluding hydrogens is 368 g/mol. The lowest BCUT2D eigenvalue weighted by Crippen LogP contribution is -2.41. The first-order chi connectivity index (χ1) is 13.1. The van der Waals surface area contributed by atoms with E-state index in [1.54, 1.807) is 12.1 Å². The van der Waals surface area contributed by atoms with Crippen molar-refractivity contribution < 1.29 is 9.90 Å². The molecule has 28 heavy (non-hydrogen) atoms. The number of pyridine rings is 1. The van der Waals surface area contributed by atoms with E-state index in [1.807, 2.05) is 11.3 Å². The number of carboxylic acid groups (broad SMARTS) is 1. The summed E-state index contributed by atoms with van der Waals surface area (Å²) in [5.74, 6) is 1.41. The normalized spacial score (nSPS) is 22.5. The first-order valence-corrected chi connectivity index (χ1v) is 11.0. The van der Waals surface area contributed by atoms with Gasteiger partial charge in [0.1, 0.15) is 5.82 Å². The van der Waals surface area contributed by atoms with Crippen molar-refractivity contribution in [2.45, 2.75) is 71.1 Å². The summed E-state index contributed by atoms with van der Waals surface area (Å²) in [5.41, 5.74) is 3.37. The molecule has 0 aromatic carbocycles. The summed E-state index contributed by atoms with van der Waals surface area (Å²) in [6.45, 7) is 11.8. The molecule has 2 aromatic rings. The van der Waals surface area contributed by atoms with Crippen LogP contribution in [0.5, 0.6) is 0 Å². The smallest absolute Gasteiger partial charge is 0.337 e. The quantitative estimate of drug-likeness (QED) is 0.623. The molecule has 0 radical (unpaired) electrons. The van der Waals surface area contributed by atoms with E-state index in [1.165, 1.54) is 47.9 Å². The Morgan fingerprint density at radius 3 is 2.57 bits per heavy atom. The SMILES string of the molecule is Cc1c(Nc2ccc(C(=O)O)cn2)sc2c1C(C)(C)CC(CC1CC1)C2(C)C. The largest absolute Gasteiger partial charge is 0.478 e. The number of carbonyl (C=O) groups is 1. The molecule has 0 amide bonds. The Hall–Kier alpha value is -1.88. The van der Waals surface area contributed by atoms with E-state index in [2.05, 4.69) is 44.9 Å². The Kier molecular flexibility index (Phi) is 4.57. The van der Waals surface area contributed by atoms with Gasteiger partial charge < -0.3 is 10.4 Å². The van der Waals surface area contributed by atoms with Crippen molar-refractivity contribution in [3.8, 4) is 0 Å². The van der Waals surface area contributed by atoms with Gasteiger partial charge in [-0.2, -0.15) is 0 Å². The lowest BCUT2D eigenvalue weighted by atomic mass is 9.59. The molecule has 0 aliphatic heterocycles. The van der Waals surface area contributed by atoms with Crippen molar-refractivity contribution in [2.24, 2.45) is 11.8 Å². The van der Waals surface area contributed by atoms with Gasteiger partial charge in [0.2, 0.25) is 0 Å². The van der Waals surface area contributed by atoms with Crippen LogP contribution < -0.4 is 5.32 Å². The Balaban J connectivity index is 1.68. The van der Waals surface area contributed by atoms with E-state index >= 15 is 0 Å². The first kappa shape index (κ1) is 19.4. The van der Waals surface area contributed by atoms with Crippen LogP contribution in [-0.2, 0) is 10.8 Å². The molecule has 1 fully saturated rings. The summed E-state index contributed by atoms with van der Waals surface area (Å²) in [7, 11) is 0. The number of anilines is 2. The van der Waals surface area contributed by atoms with Crippen LogP contribution in [0.25, 0.3) is 0 Å². The molecule has 4 nitrogen and oxygen atoms in total. The molecule has 2 aromatic heterocycles. The van der Waals surface area contributed by atoms with Crippen LogP contribution >= 0.6 is 11.3 Å². The molecule has 150 valence electrons. The van der Waals surface area contributed by atoms with Gasteiger partial charge in [-0.1, -0.05) is 40.5 Å². The summed E-state index contributed by atoms with van der Waals surface area (Å²) in [5, 5.41) is 13.7. The van der Waals surface area contributed by atoms with Gasteiger partial charge in [-0.25, -0.2) is 9.78 Å². The number of carboxylic acids is 1. The zero-order valence-corrected chi connectivity index (χ0v) is 18.2. The fraction of sp³-hybridized carbons (Fsp3) is 0.565. The van der Waals surface area contributed by atoms with Crippen LogP contribution in [0.15, 0.2) is 18.3 Å². The summed E-state index contributed by atoms with van der Waals surface area (Å²) in [6, 6.07) is 3.34. The zero-order valence-electron chi connectivity index (χ0n) is 17.4. The number of hydrogen-bond donors (Lipinski definition) is 2. The molecule has 1 saturated carbocycles. The average Bonchev–Trinajstić information content (AvgIpc) is 3.36. The van der Waals surface area contributed by atoms with Crippen molar-refractivity contribution in [3.63, 3.8) is 0 Å². The topological polar surface area (TPSA) is 62.2 Å². The third-order valence-electron chi connectivity index (χ3n) is 6.75. The summed E-state index contributed by atoms with van der Waals surface area (Å²) in [6.07, 6.45) is 6.83. The maximum atomic E-state index is 11.1. The van der Waals surface area contributed by atoms with Crippen molar-refractivity contribution in [1.29, 1.82) is 0 Å². The molecule has 4 rings (SSSR count). The van der Waals surface area contributed by atoms with E-state index in [-0.39, 0.29) is 16.4 Å². The van der Waals surface area contributed by atoms with Crippen molar-refractivity contribution in [1.82, 2.24) is 4.98 Å². The lowest BCUT2D eigenvalue weighted by Gasteiger charge is -2.46. The first-order valence-electron chi connectivity index (χ1n) is 10.2. The molecule has 2 aliphatic rings. The monoisotopic (exact) mass is 398 g/mol. The minimum absolute atomic E-state index is 0.172. The standard InChI is InChI=1S/C23H30N2O2S/c1-13-18-19(23(4,5)16(10-14-6-7-14)11-22(18,2)3)28-20(13)25-17-9-8-15(12-24-17)21(26)27/h8-9,12,14,16H,6-7,10-11H2,1-5H3,(H,24,25)(H,26,27). The van der Waals surface area contributed by atoms with Gasteiger partial charge in [0.05, 0.1) is 10.6 Å². The van der Waals surface area contributed by atoms with E-state index in [0.29, 0.717) is 5.82 Å². The molecule has 2 aliphatic carbocycles. The Bertz CT molecular complexity index is 907. The maximum Gasteiger partial charge on any atom is 0.337 e. The van der Waals surface area contributed by atoms with E-state index < -0.39 is 5.97 Å². The van der Waals surface area contributed by atoms with Crippen LogP contribution in [0.3, 0.4) is 0 Å². The van der Waals surface area contributed by atoms with Gasteiger partial charge in [0, 0.05) is 16.5 Å². The fourth-order valence-corrected chi connectivity index (χ4v) is 6.48. The van der Waals surface area contributed by atoms with Crippen LogP contribution in [0.2, 0.25) is 0 Å². The van der Waals surface area contributed by atoms with Gasteiger partial charge >= 0.3 is 5.97 Å². The van der Waals surface area contributed by atoms with Crippen molar-refractivity contribution in [2.75, 3.05) is 5.32 Å². The number of aromatic nitrogens is 1. The number of rotatable bonds is 5. The number of nitrogens with one attached hydrogen (secondary N) is 1. The minimum Gasteiger partial charge on any atom is -0.478 e. The number of hydrogen-bond acceptors (Lipinski definition) is 4. The van der Waals surface area contributed by atoms with Gasteiger partial charge in [0.25, 0.3) is 0 Å². The number of aromatic carboxylic acids is 1. The molecule has 2 heterocycles. The van der Waals surface area contributed by atoms with Crippen LogP contribution in [-0.4, -0.2) is 16.1 Å². The second-order valence-electron chi connectivity index (χ2n) is 9.81. The number of nitrogens with zero attached hydrogens (tertiary/aromatic N) is 1. The summed E-state index contributed by atoms with van der Waals surface area (Å²) >= 11 is 1.86. The molecule has 1 unspecified atom stereocenters. The van der Waals surface area contributed by atoms with E-state index in [4.69, 9.17) is 5.11 Å². The fourth-order valence-electron chi connectivity index (χ4n) is 4.90. The Morgan fingerprint density at radius 1 is 1.29 bits per heavy atom. The average molecular weight is 399 g/mol. The molecule has 1 atom stereocenters. The Morgan fingerprint density at radius 2 is 2.00 bits per heavy atom. The summed E-state index contributed by atoms with van der Waals surface area (Å²) < 4.78 is 0. The third-order valence-corrected chi connectivity index (χ3v) is 8.30. The minimum atomic E-state index is -0.952. The van der Waals surface area contributed by atoms with Gasteiger partial charge in [-0.15, -0.1) is 11.3 Å². The molecule has 0 bridgehead atoms. The summed E-state index contributed by atoms with van der Waals surface area (Å²) in [4.78, 5) is 16.9.